The number of para-hydroxylation sites is 1. The second-order valence-electron chi connectivity index (χ2n) is 5.96. The van der Waals surface area contributed by atoms with Crippen molar-refractivity contribution in [2.75, 3.05) is 20.2 Å². The van der Waals surface area contributed by atoms with Gasteiger partial charge in [0.2, 0.25) is 0 Å². The van der Waals surface area contributed by atoms with Gasteiger partial charge in [0.05, 0.1) is 18.3 Å². The van der Waals surface area contributed by atoms with E-state index in [-0.39, 0.29) is 18.4 Å². The molecule has 1 aromatic carbocycles. The van der Waals surface area contributed by atoms with Crippen LogP contribution >= 0.6 is 0 Å². The summed E-state index contributed by atoms with van der Waals surface area (Å²) in [4.78, 5) is 5.47. The summed E-state index contributed by atoms with van der Waals surface area (Å²) in [5.41, 5.74) is 4.20. The zero-order valence-electron chi connectivity index (χ0n) is 12.8. The SMILES string of the molecule is CN1CCc2[nH]c3nnc(-c4ccccc4O)cc3c2[C@H]1CO. The maximum atomic E-state index is 10.0. The summed E-state index contributed by atoms with van der Waals surface area (Å²) in [5.74, 6) is 0.182. The molecule has 4 rings (SSSR count). The molecule has 3 N–H and O–H groups in total. The molecular formula is C17H18N4O2. The number of likely N-dealkylation sites (N-methyl/N-ethyl adjacent to an activating group) is 1. The standard InChI is InChI=1S/C17H18N4O2/c1-21-7-6-12-16(14(21)9-22)11-8-13(19-20-17(11)18-12)10-4-2-3-5-15(10)23/h2-5,8,14,22-23H,6-7,9H2,1H3,(H,18,20)/t14-/m1/s1. The molecule has 6 nitrogen and oxygen atoms in total. The number of hydrogen-bond donors (Lipinski definition) is 3. The molecule has 2 aromatic heterocycles. The second kappa shape index (κ2) is 5.33. The quantitative estimate of drug-likeness (QED) is 0.672. The highest BCUT2D eigenvalue weighted by molar-refractivity contribution is 5.86. The van der Waals surface area contributed by atoms with Crippen molar-refractivity contribution in [2.45, 2.75) is 12.5 Å². The molecule has 0 spiro atoms. The van der Waals surface area contributed by atoms with Gasteiger partial charge < -0.3 is 15.2 Å². The summed E-state index contributed by atoms with van der Waals surface area (Å²) >= 11 is 0. The normalized spacial score (nSPS) is 18.3. The van der Waals surface area contributed by atoms with Crippen LogP contribution in [0.15, 0.2) is 30.3 Å². The molecule has 1 aliphatic rings. The number of rotatable bonds is 2. The first kappa shape index (κ1) is 14.2. The molecule has 0 fully saturated rings. The Kier molecular flexibility index (Phi) is 3.28. The van der Waals surface area contributed by atoms with Gasteiger partial charge in [-0.1, -0.05) is 12.1 Å². The molecule has 0 radical (unpaired) electrons. The van der Waals surface area contributed by atoms with E-state index >= 15 is 0 Å². The predicted molar refractivity (Wildman–Crippen MR) is 87.2 cm³/mol. The molecule has 1 atom stereocenters. The average Bonchev–Trinajstić information content (AvgIpc) is 2.93. The van der Waals surface area contributed by atoms with E-state index < -0.39 is 0 Å². The van der Waals surface area contributed by atoms with E-state index in [0.29, 0.717) is 11.3 Å². The average molecular weight is 310 g/mol. The Morgan fingerprint density at radius 3 is 2.91 bits per heavy atom. The molecule has 6 heteroatoms. The third-order valence-electron chi connectivity index (χ3n) is 4.61. The molecule has 0 aliphatic carbocycles. The fourth-order valence-corrected chi connectivity index (χ4v) is 3.36. The summed E-state index contributed by atoms with van der Waals surface area (Å²) in [5, 5.41) is 29.3. The number of aromatic amines is 1. The number of aliphatic hydroxyl groups excluding tert-OH is 1. The maximum absolute atomic E-state index is 10.0. The molecule has 0 bridgehead atoms. The molecule has 0 amide bonds. The van der Waals surface area contributed by atoms with Gasteiger partial charge in [-0.05, 0) is 25.2 Å². The lowest BCUT2D eigenvalue weighted by Gasteiger charge is -2.31. The number of phenols is 1. The Hall–Kier alpha value is -2.44. The topological polar surface area (TPSA) is 85.3 Å². The Morgan fingerprint density at radius 1 is 1.30 bits per heavy atom. The number of aromatic nitrogens is 3. The Bertz CT molecular complexity index is 874. The third-order valence-corrected chi connectivity index (χ3v) is 4.61. The highest BCUT2D eigenvalue weighted by Crippen LogP contribution is 2.36. The lowest BCUT2D eigenvalue weighted by molar-refractivity contribution is 0.140. The van der Waals surface area contributed by atoms with Crippen LogP contribution in [0.5, 0.6) is 5.75 Å². The first-order chi connectivity index (χ1) is 11.2. The minimum atomic E-state index is -0.0473. The number of benzene rings is 1. The van der Waals surface area contributed by atoms with Crippen molar-refractivity contribution in [3.63, 3.8) is 0 Å². The summed E-state index contributed by atoms with van der Waals surface area (Å²) in [6, 6.07) is 8.98. The van der Waals surface area contributed by atoms with Crippen LogP contribution in [0.2, 0.25) is 0 Å². The molecule has 0 saturated heterocycles. The molecule has 23 heavy (non-hydrogen) atoms. The Balaban J connectivity index is 1.92. The number of H-pyrrole nitrogens is 1. The van der Waals surface area contributed by atoms with Crippen molar-refractivity contribution in [3.05, 3.63) is 41.6 Å². The lowest BCUT2D eigenvalue weighted by atomic mass is 9.97. The zero-order valence-corrected chi connectivity index (χ0v) is 12.8. The van der Waals surface area contributed by atoms with Gasteiger partial charge in [-0.3, -0.25) is 4.90 Å². The van der Waals surface area contributed by atoms with Crippen LogP contribution in [0.4, 0.5) is 0 Å². The van der Waals surface area contributed by atoms with Crippen molar-refractivity contribution in [1.29, 1.82) is 0 Å². The first-order valence-corrected chi connectivity index (χ1v) is 7.66. The summed E-state index contributed by atoms with van der Waals surface area (Å²) in [7, 11) is 2.02. The van der Waals surface area contributed by atoms with Gasteiger partial charge in [-0.2, -0.15) is 0 Å². The molecule has 1 aliphatic heterocycles. The number of aromatic hydroxyl groups is 1. The Morgan fingerprint density at radius 2 is 2.13 bits per heavy atom. The maximum Gasteiger partial charge on any atom is 0.160 e. The van der Waals surface area contributed by atoms with Gasteiger partial charge in [0, 0.05) is 35.2 Å². The zero-order chi connectivity index (χ0) is 16.0. The van der Waals surface area contributed by atoms with E-state index in [1.165, 1.54) is 0 Å². The van der Waals surface area contributed by atoms with Crippen LogP contribution in [0, 0.1) is 0 Å². The fourth-order valence-electron chi connectivity index (χ4n) is 3.36. The van der Waals surface area contributed by atoms with Crippen molar-refractivity contribution in [1.82, 2.24) is 20.1 Å². The van der Waals surface area contributed by atoms with Crippen molar-refractivity contribution >= 4 is 11.0 Å². The minimum Gasteiger partial charge on any atom is -0.507 e. The molecular weight excluding hydrogens is 292 g/mol. The summed E-state index contributed by atoms with van der Waals surface area (Å²) < 4.78 is 0. The predicted octanol–water partition coefficient (Wildman–Crippen LogP) is 1.85. The second-order valence-corrected chi connectivity index (χ2v) is 5.96. The van der Waals surface area contributed by atoms with Crippen molar-refractivity contribution in [2.24, 2.45) is 0 Å². The van der Waals surface area contributed by atoms with Crippen LogP contribution in [0.25, 0.3) is 22.3 Å². The van der Waals surface area contributed by atoms with Gasteiger partial charge in [0.15, 0.2) is 5.65 Å². The van der Waals surface area contributed by atoms with Crippen LogP contribution < -0.4 is 0 Å². The van der Waals surface area contributed by atoms with Crippen LogP contribution in [0.1, 0.15) is 17.3 Å². The van der Waals surface area contributed by atoms with E-state index in [4.69, 9.17) is 0 Å². The van der Waals surface area contributed by atoms with Gasteiger partial charge in [-0.15, -0.1) is 10.2 Å². The lowest BCUT2D eigenvalue weighted by Crippen LogP contribution is -2.33. The van der Waals surface area contributed by atoms with Crippen molar-refractivity contribution in [3.8, 4) is 17.0 Å². The van der Waals surface area contributed by atoms with Crippen LogP contribution in [-0.2, 0) is 6.42 Å². The van der Waals surface area contributed by atoms with E-state index in [1.54, 1.807) is 12.1 Å². The molecule has 118 valence electrons. The van der Waals surface area contributed by atoms with Gasteiger partial charge in [-0.25, -0.2) is 0 Å². The smallest absolute Gasteiger partial charge is 0.160 e. The third kappa shape index (κ3) is 2.18. The van der Waals surface area contributed by atoms with Gasteiger partial charge >= 0.3 is 0 Å². The van der Waals surface area contributed by atoms with Gasteiger partial charge in [0.25, 0.3) is 0 Å². The van der Waals surface area contributed by atoms with E-state index in [2.05, 4.69) is 20.1 Å². The molecule has 3 heterocycles. The number of aliphatic hydroxyl groups is 1. The first-order valence-electron chi connectivity index (χ1n) is 7.66. The van der Waals surface area contributed by atoms with E-state index in [1.807, 2.05) is 25.2 Å². The van der Waals surface area contributed by atoms with Crippen molar-refractivity contribution < 1.29 is 10.2 Å². The molecule has 0 unspecified atom stereocenters. The summed E-state index contributed by atoms with van der Waals surface area (Å²) in [6.07, 6.45) is 0.893. The number of fused-ring (bicyclic) bond motifs is 3. The minimum absolute atomic E-state index is 0.0473. The number of nitrogens with zero attached hydrogens (tertiary/aromatic N) is 3. The largest absolute Gasteiger partial charge is 0.507 e. The summed E-state index contributed by atoms with van der Waals surface area (Å²) in [6.45, 7) is 0.954. The Labute approximate surface area is 133 Å². The van der Waals surface area contributed by atoms with E-state index in [0.717, 1.165) is 35.3 Å². The molecule has 0 saturated carbocycles. The van der Waals surface area contributed by atoms with Crippen LogP contribution in [-0.4, -0.2) is 50.5 Å². The highest BCUT2D eigenvalue weighted by atomic mass is 16.3. The number of hydrogen-bond acceptors (Lipinski definition) is 5. The molecule has 3 aromatic rings. The van der Waals surface area contributed by atoms with E-state index in [9.17, 15) is 10.2 Å². The van der Waals surface area contributed by atoms with Gasteiger partial charge in [0.1, 0.15) is 5.75 Å². The fraction of sp³-hybridized carbons (Fsp3) is 0.294. The number of phenolic OH excluding ortho intramolecular Hbond substituents is 1. The highest BCUT2D eigenvalue weighted by Gasteiger charge is 2.28. The monoisotopic (exact) mass is 310 g/mol. The number of nitrogens with one attached hydrogen (secondary N) is 1. The van der Waals surface area contributed by atoms with Crippen LogP contribution in [0.3, 0.4) is 0 Å².